The van der Waals surface area contributed by atoms with E-state index in [1.54, 1.807) is 75.5 Å². The Kier molecular flexibility index (Phi) is 9.35. The highest BCUT2D eigenvalue weighted by atomic mass is 32.2. The number of aromatic nitrogens is 2. The predicted molar refractivity (Wildman–Crippen MR) is 186 cm³/mol. The maximum absolute atomic E-state index is 16.3. The maximum Gasteiger partial charge on any atom is 0.420 e. The van der Waals surface area contributed by atoms with Crippen LogP contribution in [0.3, 0.4) is 0 Å². The summed E-state index contributed by atoms with van der Waals surface area (Å²) in [5, 5.41) is 1.71. The fraction of sp³-hybridized carbons (Fsp3) is 0.343. The number of benzene rings is 3. The smallest absolute Gasteiger partial charge is 0.420 e. The van der Waals surface area contributed by atoms with E-state index in [1.165, 1.54) is 25.3 Å². The molecule has 12 nitrogen and oxygen atoms in total. The van der Waals surface area contributed by atoms with Crippen LogP contribution in [0.2, 0.25) is 0 Å². The van der Waals surface area contributed by atoms with E-state index in [0.29, 0.717) is 22.6 Å². The lowest BCUT2D eigenvalue weighted by Gasteiger charge is -2.45. The van der Waals surface area contributed by atoms with Gasteiger partial charge in [-0.15, -0.1) is 11.3 Å². The number of halogens is 2. The van der Waals surface area contributed by atoms with Gasteiger partial charge in [-0.25, -0.2) is 36.1 Å². The molecule has 3 aromatic carbocycles. The second-order valence-electron chi connectivity index (χ2n) is 13.1. The minimum Gasteiger partial charge on any atom is -0.497 e. The highest BCUT2D eigenvalue weighted by Gasteiger charge is 2.50. The van der Waals surface area contributed by atoms with Crippen molar-refractivity contribution in [2.75, 3.05) is 31.6 Å². The Bertz CT molecular complexity index is 2260. The summed E-state index contributed by atoms with van der Waals surface area (Å²) in [5.74, 6) is -1.16. The molecule has 1 amide bonds. The zero-order valence-corrected chi connectivity index (χ0v) is 30.3. The van der Waals surface area contributed by atoms with Gasteiger partial charge in [0.1, 0.15) is 22.6 Å². The number of alkyl halides is 1. The van der Waals surface area contributed by atoms with Crippen molar-refractivity contribution in [2.45, 2.75) is 56.4 Å². The average molecular weight is 743 g/mol. The van der Waals surface area contributed by atoms with Crippen LogP contribution in [0.5, 0.6) is 11.5 Å². The maximum atomic E-state index is 16.3. The number of nitrogens with zero attached hydrogens (tertiary/aromatic N) is 4. The predicted octanol–water partition coefficient (Wildman–Crippen LogP) is 6.63. The lowest BCUT2D eigenvalue weighted by molar-refractivity contribution is -0.0542. The van der Waals surface area contributed by atoms with Crippen molar-refractivity contribution in [1.29, 1.82) is 0 Å². The molecule has 0 unspecified atom stereocenters. The number of methoxy groups -OCH3 is 2. The Morgan fingerprint density at radius 3 is 2.49 bits per heavy atom. The fourth-order valence-corrected chi connectivity index (χ4v) is 8.34. The summed E-state index contributed by atoms with van der Waals surface area (Å²) in [6.45, 7) is 5.95. The molecule has 0 saturated carbocycles. The number of fused-ring (bicyclic) bond motifs is 1. The second-order valence-corrected chi connectivity index (χ2v) is 15.8. The van der Waals surface area contributed by atoms with Gasteiger partial charge in [-0.1, -0.05) is 24.3 Å². The summed E-state index contributed by atoms with van der Waals surface area (Å²) in [7, 11) is -1.58. The van der Waals surface area contributed by atoms with Gasteiger partial charge in [-0.3, -0.25) is 4.57 Å². The van der Waals surface area contributed by atoms with Gasteiger partial charge in [0.15, 0.2) is 22.2 Å². The van der Waals surface area contributed by atoms with Crippen molar-refractivity contribution in [3.05, 3.63) is 99.2 Å². The monoisotopic (exact) mass is 742 g/mol. The Morgan fingerprint density at radius 2 is 1.84 bits per heavy atom. The molecule has 270 valence electrons. The Morgan fingerprint density at radius 1 is 1.12 bits per heavy atom. The van der Waals surface area contributed by atoms with E-state index >= 15 is 8.78 Å². The normalized spacial score (nSPS) is 14.9. The van der Waals surface area contributed by atoms with Crippen LogP contribution in [0, 0.1) is 5.82 Å². The van der Waals surface area contributed by atoms with E-state index < -0.39 is 49.9 Å². The van der Waals surface area contributed by atoms with Gasteiger partial charge >= 0.3 is 11.8 Å². The Balaban J connectivity index is 1.35. The van der Waals surface area contributed by atoms with E-state index in [9.17, 15) is 18.0 Å². The lowest BCUT2D eigenvalue weighted by Crippen LogP contribution is -2.60. The average Bonchev–Trinajstić information content (AvgIpc) is 3.72. The van der Waals surface area contributed by atoms with Gasteiger partial charge in [-0.2, -0.15) is 0 Å². The molecule has 0 spiro atoms. The number of oxazole rings is 1. The molecular weight excluding hydrogens is 707 g/mol. The molecule has 16 heteroatoms. The Labute approximate surface area is 296 Å². The van der Waals surface area contributed by atoms with Crippen LogP contribution in [0.15, 0.2) is 80.3 Å². The number of hydrogen-bond donors (Lipinski definition) is 0. The summed E-state index contributed by atoms with van der Waals surface area (Å²) in [6, 6.07) is 12.3. The van der Waals surface area contributed by atoms with Gasteiger partial charge < -0.3 is 23.5 Å². The number of sulfonamides is 1. The van der Waals surface area contributed by atoms with Crippen LogP contribution < -0.4 is 19.5 Å². The molecule has 1 fully saturated rings. The van der Waals surface area contributed by atoms with Crippen LogP contribution in [-0.2, 0) is 27.0 Å². The third kappa shape index (κ3) is 6.77. The number of hydrogen-bond acceptors (Lipinski definition) is 10. The molecule has 1 atom stereocenters. The first kappa shape index (κ1) is 35.9. The zero-order chi connectivity index (χ0) is 36.9. The summed E-state index contributed by atoms with van der Waals surface area (Å²) in [6.07, 6.45) is 0.790. The van der Waals surface area contributed by atoms with Gasteiger partial charge in [0, 0.05) is 29.3 Å². The second kappa shape index (κ2) is 13.3. The molecule has 0 bridgehead atoms. The highest BCUT2D eigenvalue weighted by molar-refractivity contribution is 7.93. The molecular formula is C35H36F2N4O8S2. The summed E-state index contributed by atoms with van der Waals surface area (Å²) < 4.78 is 84.5. The van der Waals surface area contributed by atoms with Crippen molar-refractivity contribution in [3.8, 4) is 11.5 Å². The molecule has 6 rings (SSSR count). The molecule has 2 aromatic heterocycles. The van der Waals surface area contributed by atoms with E-state index in [0.717, 1.165) is 32.3 Å². The van der Waals surface area contributed by atoms with Crippen LogP contribution in [-0.4, -0.2) is 61.9 Å². The molecule has 0 aliphatic carbocycles. The minimum atomic E-state index is -4.51. The highest BCUT2D eigenvalue weighted by Crippen LogP contribution is 2.41. The fourth-order valence-electron chi connectivity index (χ4n) is 6.05. The van der Waals surface area contributed by atoms with Crippen LogP contribution in [0.1, 0.15) is 50.4 Å². The number of rotatable bonds is 10. The number of thiazole rings is 1. The van der Waals surface area contributed by atoms with Gasteiger partial charge in [0.05, 0.1) is 44.8 Å². The lowest BCUT2D eigenvalue weighted by atomic mass is 9.83. The molecule has 5 aromatic rings. The first-order valence-electron chi connectivity index (χ1n) is 15.8. The number of ether oxygens (including phenoxy) is 3. The molecule has 1 aliphatic rings. The van der Waals surface area contributed by atoms with Crippen molar-refractivity contribution in [3.63, 3.8) is 0 Å². The third-order valence-corrected chi connectivity index (χ3v) is 11.1. The van der Waals surface area contributed by atoms with Crippen LogP contribution >= 0.6 is 11.3 Å². The minimum absolute atomic E-state index is 0.110. The SMILES string of the molecule is COc1ccc(CN(c2nccs2)S(=O)(=O)c2cc(F)c3c(c2)oc(=O)n3[C@H](C)c2ccccc2C2(F)CN(C(=O)OC(C)(C)C)C2)c(OC)c1. The molecule has 3 heterocycles. The van der Waals surface area contributed by atoms with Gasteiger partial charge in [0.25, 0.3) is 10.0 Å². The van der Waals surface area contributed by atoms with E-state index in [1.807, 2.05) is 0 Å². The largest absolute Gasteiger partial charge is 0.497 e. The molecule has 51 heavy (non-hydrogen) atoms. The van der Waals surface area contributed by atoms with Gasteiger partial charge in [-0.05, 0) is 57.0 Å². The zero-order valence-electron chi connectivity index (χ0n) is 28.7. The van der Waals surface area contributed by atoms with E-state index in [2.05, 4.69) is 4.98 Å². The molecule has 1 aliphatic heterocycles. The van der Waals surface area contributed by atoms with E-state index in [-0.39, 0.29) is 41.4 Å². The number of anilines is 1. The number of likely N-dealkylation sites (tertiary alicyclic amines) is 1. The Hall–Kier alpha value is -4.96. The van der Waals surface area contributed by atoms with Gasteiger partial charge in [0.2, 0.25) is 0 Å². The van der Waals surface area contributed by atoms with Crippen molar-refractivity contribution in [2.24, 2.45) is 0 Å². The van der Waals surface area contributed by atoms with E-state index in [4.69, 9.17) is 18.6 Å². The summed E-state index contributed by atoms with van der Waals surface area (Å²) in [5.41, 5.74) is -2.28. The molecule has 0 radical (unpaired) electrons. The van der Waals surface area contributed by atoms with Crippen molar-refractivity contribution >= 4 is 43.7 Å². The third-order valence-electron chi connectivity index (χ3n) is 8.48. The number of amides is 1. The number of carbonyl (C=O) groups is 1. The van der Waals surface area contributed by atoms with Crippen LogP contribution in [0.25, 0.3) is 11.1 Å². The standard InChI is InChI=1S/C35H36F2N4O8S2/c1-21(25-9-7-8-10-26(25)35(37)19-39(20-35)32(42)49-34(2,3)4)41-30-27(36)16-24(17-29(30)48-33(41)43)51(44,45)40(31-38-13-14-50-31)18-22-11-12-23(46-5)15-28(22)47-6/h7-17,21H,18-20H2,1-6H3/t21-/m1/s1. The summed E-state index contributed by atoms with van der Waals surface area (Å²) in [4.78, 5) is 30.8. The first-order chi connectivity index (χ1) is 24.1. The number of carbonyl (C=O) groups excluding carboxylic acids is 1. The van der Waals surface area contributed by atoms with Crippen LogP contribution in [0.4, 0.5) is 18.7 Å². The summed E-state index contributed by atoms with van der Waals surface area (Å²) >= 11 is 1.06. The topological polar surface area (TPSA) is 133 Å². The van der Waals surface area contributed by atoms with Crippen molar-refractivity contribution < 1.29 is 40.6 Å². The quantitative estimate of drug-likeness (QED) is 0.155. The van der Waals surface area contributed by atoms with Crippen molar-refractivity contribution in [1.82, 2.24) is 14.5 Å². The molecule has 0 N–H and O–H groups in total. The first-order valence-corrected chi connectivity index (χ1v) is 18.1. The molecule has 1 saturated heterocycles.